The summed E-state index contributed by atoms with van der Waals surface area (Å²) in [5.74, 6) is 1.50. The number of hydrogen-bond acceptors (Lipinski definition) is 5. The number of aryl methyl sites for hydroxylation is 2. The zero-order valence-corrected chi connectivity index (χ0v) is 21.7. The van der Waals surface area contributed by atoms with Gasteiger partial charge in [-0.1, -0.05) is 23.7 Å². The van der Waals surface area contributed by atoms with Gasteiger partial charge < -0.3 is 19.7 Å². The topological polar surface area (TPSA) is 66.3 Å². The third kappa shape index (κ3) is 5.31. The van der Waals surface area contributed by atoms with Gasteiger partial charge in [0, 0.05) is 43.8 Å². The molecule has 1 aliphatic carbocycles. The van der Waals surface area contributed by atoms with Crippen molar-refractivity contribution < 1.29 is 4.79 Å². The van der Waals surface area contributed by atoms with Gasteiger partial charge in [-0.15, -0.1) is 0 Å². The number of amides is 1. The fraction of sp³-hybridized carbons (Fsp3) is 0.519. The molecule has 0 spiro atoms. The van der Waals surface area contributed by atoms with Gasteiger partial charge in [-0.3, -0.25) is 4.79 Å². The average molecular weight is 495 g/mol. The molecule has 0 atom stereocenters. The highest BCUT2D eigenvalue weighted by Crippen LogP contribution is 2.29. The third-order valence-corrected chi connectivity index (χ3v) is 7.80. The van der Waals surface area contributed by atoms with Gasteiger partial charge in [-0.25, -0.2) is 9.97 Å². The van der Waals surface area contributed by atoms with Crippen molar-refractivity contribution in [3.8, 4) is 0 Å². The van der Waals surface area contributed by atoms with Crippen LogP contribution in [-0.2, 0) is 11.3 Å². The molecule has 0 unspecified atom stereocenters. The van der Waals surface area contributed by atoms with E-state index in [0.717, 1.165) is 80.1 Å². The molecule has 35 heavy (non-hydrogen) atoms. The van der Waals surface area contributed by atoms with Crippen molar-refractivity contribution in [2.45, 2.75) is 52.1 Å². The van der Waals surface area contributed by atoms with E-state index >= 15 is 0 Å². The maximum absolute atomic E-state index is 12.9. The van der Waals surface area contributed by atoms with Gasteiger partial charge in [-0.05, 0) is 75.9 Å². The van der Waals surface area contributed by atoms with E-state index in [-0.39, 0.29) is 5.92 Å². The van der Waals surface area contributed by atoms with Crippen LogP contribution in [0.2, 0.25) is 5.15 Å². The molecular weight excluding hydrogens is 460 g/mol. The molecule has 1 saturated carbocycles. The molecule has 2 aliphatic rings. The lowest BCUT2D eigenvalue weighted by molar-refractivity contribution is -0.138. The van der Waals surface area contributed by atoms with Crippen molar-refractivity contribution in [2.75, 3.05) is 38.5 Å². The van der Waals surface area contributed by atoms with Gasteiger partial charge in [-0.2, -0.15) is 0 Å². The summed E-state index contributed by atoms with van der Waals surface area (Å²) in [5.41, 5.74) is 5.11. The Labute approximate surface area is 212 Å². The highest BCUT2D eigenvalue weighted by molar-refractivity contribution is 6.29. The van der Waals surface area contributed by atoms with Gasteiger partial charge in [0.25, 0.3) is 0 Å². The minimum Gasteiger partial charge on any atom is -0.382 e. The fourth-order valence-electron chi connectivity index (χ4n) is 5.40. The monoisotopic (exact) mass is 494 g/mol. The third-order valence-electron chi connectivity index (χ3n) is 7.61. The van der Waals surface area contributed by atoms with Crippen LogP contribution in [0, 0.1) is 19.8 Å². The maximum Gasteiger partial charge on any atom is 0.225 e. The number of pyridine rings is 1. The first-order valence-electron chi connectivity index (χ1n) is 12.7. The van der Waals surface area contributed by atoms with Crippen molar-refractivity contribution >= 4 is 34.4 Å². The van der Waals surface area contributed by atoms with Crippen molar-refractivity contribution in [2.24, 2.45) is 5.92 Å². The number of aromatic nitrogens is 3. The number of carbonyl (C=O) groups excluding carboxylic acids is 1. The Bertz CT molecular complexity index is 1190. The summed E-state index contributed by atoms with van der Waals surface area (Å²) in [6, 6.07) is 10.9. The first-order chi connectivity index (χ1) is 16.9. The van der Waals surface area contributed by atoms with E-state index in [1.807, 2.05) is 19.9 Å². The summed E-state index contributed by atoms with van der Waals surface area (Å²) < 4.78 is 2.12. The molecule has 1 N–H and O–H groups in total. The number of anilines is 1. The van der Waals surface area contributed by atoms with Crippen LogP contribution in [0.4, 0.5) is 5.69 Å². The second-order valence-corrected chi connectivity index (χ2v) is 10.6. The van der Waals surface area contributed by atoms with E-state index in [4.69, 9.17) is 16.6 Å². The SMILES string of the molecule is Cc1cc(Cl)nc2c1nc(C)n2Cc1ccc(NC2CCC(C(=O)N3CCN(C)CC3)CC2)cc1. The number of piperazine rings is 1. The van der Waals surface area contributed by atoms with Crippen molar-refractivity contribution in [1.29, 1.82) is 0 Å². The molecule has 0 radical (unpaired) electrons. The van der Waals surface area contributed by atoms with E-state index < -0.39 is 0 Å². The Morgan fingerprint density at radius 1 is 1.03 bits per heavy atom. The number of nitrogens with zero attached hydrogens (tertiary/aromatic N) is 5. The number of fused-ring (bicyclic) bond motifs is 1. The number of carbonyl (C=O) groups is 1. The number of benzene rings is 1. The first kappa shape index (κ1) is 24.1. The Morgan fingerprint density at radius 3 is 2.40 bits per heavy atom. The highest BCUT2D eigenvalue weighted by atomic mass is 35.5. The van der Waals surface area contributed by atoms with Crippen LogP contribution in [0.1, 0.15) is 42.6 Å². The molecule has 1 aromatic carbocycles. The van der Waals surface area contributed by atoms with Crippen LogP contribution in [0.5, 0.6) is 0 Å². The number of rotatable bonds is 5. The predicted molar refractivity (Wildman–Crippen MR) is 141 cm³/mol. The van der Waals surface area contributed by atoms with Crippen LogP contribution >= 0.6 is 11.6 Å². The lowest BCUT2D eigenvalue weighted by Crippen LogP contribution is -2.49. The van der Waals surface area contributed by atoms with Crippen molar-refractivity contribution in [3.05, 3.63) is 52.4 Å². The number of likely N-dealkylation sites (N-methyl/N-ethyl adjacent to an activating group) is 1. The standard InChI is InChI=1S/C27H35ClN6O/c1-18-16-24(28)31-26-25(18)29-19(2)34(26)17-20-4-8-22(9-5-20)30-23-10-6-21(7-11-23)27(35)33-14-12-32(3)13-15-33/h4-5,8-9,16,21,23,30H,6-7,10-15,17H2,1-3H3. The molecule has 1 saturated heterocycles. The van der Waals surface area contributed by atoms with Crippen LogP contribution < -0.4 is 5.32 Å². The molecule has 0 bridgehead atoms. The van der Waals surface area contributed by atoms with Gasteiger partial charge in [0.2, 0.25) is 5.91 Å². The molecular formula is C27H35ClN6O. The molecule has 3 aromatic rings. The summed E-state index contributed by atoms with van der Waals surface area (Å²) >= 11 is 6.21. The normalized spacial score (nSPS) is 21.4. The Balaban J connectivity index is 1.16. The van der Waals surface area contributed by atoms with Crippen LogP contribution in [0.3, 0.4) is 0 Å². The van der Waals surface area contributed by atoms with Gasteiger partial charge in [0.15, 0.2) is 5.65 Å². The maximum atomic E-state index is 12.9. The van der Waals surface area contributed by atoms with E-state index in [1.165, 1.54) is 5.56 Å². The first-order valence-corrected chi connectivity index (χ1v) is 13.1. The smallest absolute Gasteiger partial charge is 0.225 e. The van der Waals surface area contributed by atoms with Gasteiger partial charge in [0.05, 0.1) is 6.54 Å². The van der Waals surface area contributed by atoms with Gasteiger partial charge >= 0.3 is 0 Å². The lowest BCUT2D eigenvalue weighted by atomic mass is 9.85. The van der Waals surface area contributed by atoms with Gasteiger partial charge in [0.1, 0.15) is 16.5 Å². The van der Waals surface area contributed by atoms with Crippen molar-refractivity contribution in [3.63, 3.8) is 0 Å². The minimum absolute atomic E-state index is 0.192. The number of nitrogens with one attached hydrogen (secondary N) is 1. The molecule has 5 rings (SSSR count). The van der Waals surface area contributed by atoms with E-state index in [0.29, 0.717) is 23.6 Å². The molecule has 1 amide bonds. The lowest BCUT2D eigenvalue weighted by Gasteiger charge is -2.36. The van der Waals surface area contributed by atoms with E-state index in [2.05, 4.69) is 56.0 Å². The quantitative estimate of drug-likeness (QED) is 0.529. The molecule has 2 aromatic heterocycles. The predicted octanol–water partition coefficient (Wildman–Crippen LogP) is 4.49. The summed E-state index contributed by atoms with van der Waals surface area (Å²) in [6.07, 6.45) is 4.03. The Hall–Kier alpha value is -2.64. The second kappa shape index (κ2) is 10.2. The number of hydrogen-bond donors (Lipinski definition) is 1. The number of imidazole rings is 1. The average Bonchev–Trinajstić information content (AvgIpc) is 3.16. The highest BCUT2D eigenvalue weighted by Gasteiger charge is 2.30. The van der Waals surface area contributed by atoms with Crippen molar-refractivity contribution in [1.82, 2.24) is 24.3 Å². The molecule has 1 aliphatic heterocycles. The molecule has 8 heteroatoms. The van der Waals surface area contributed by atoms with Crippen LogP contribution in [-0.4, -0.2) is 69.5 Å². The summed E-state index contributed by atoms with van der Waals surface area (Å²) in [5, 5.41) is 4.18. The Kier molecular flexibility index (Phi) is 6.98. The zero-order chi connectivity index (χ0) is 24.5. The zero-order valence-electron chi connectivity index (χ0n) is 20.9. The number of halogens is 1. The Morgan fingerprint density at radius 2 is 1.71 bits per heavy atom. The minimum atomic E-state index is 0.192. The van der Waals surface area contributed by atoms with E-state index in [1.54, 1.807) is 0 Å². The fourth-order valence-corrected chi connectivity index (χ4v) is 5.64. The molecule has 2 fully saturated rings. The van der Waals surface area contributed by atoms with Crippen LogP contribution in [0.25, 0.3) is 11.2 Å². The second-order valence-electron chi connectivity index (χ2n) is 10.2. The molecule has 7 nitrogen and oxygen atoms in total. The summed E-state index contributed by atoms with van der Waals surface area (Å²) in [7, 11) is 2.13. The largest absolute Gasteiger partial charge is 0.382 e. The van der Waals surface area contributed by atoms with E-state index in [9.17, 15) is 4.79 Å². The summed E-state index contributed by atoms with van der Waals surface area (Å²) in [6.45, 7) is 8.44. The molecule has 186 valence electrons. The summed E-state index contributed by atoms with van der Waals surface area (Å²) in [4.78, 5) is 26.5. The van der Waals surface area contributed by atoms with Crippen LogP contribution in [0.15, 0.2) is 30.3 Å². The molecule has 3 heterocycles.